The number of sulfone groups is 1. The fraction of sp³-hybridized carbons (Fsp3) is 0.536. The van der Waals surface area contributed by atoms with Crippen LogP contribution < -0.4 is 0 Å². The number of aryl methyl sites for hydroxylation is 1. The number of alkyl halides is 6. The first-order valence-electron chi connectivity index (χ1n) is 13.2. The summed E-state index contributed by atoms with van der Waals surface area (Å²) in [6.45, 7) is 2.17. The third-order valence-electron chi connectivity index (χ3n) is 7.69. The molecule has 0 bridgehead atoms. The average Bonchev–Trinajstić information content (AvgIpc) is 3.69. The summed E-state index contributed by atoms with van der Waals surface area (Å²) in [5, 5.41) is 0. The molecular weight excluding hydrogens is 577 g/mol. The standard InChI is InChI=1S/C28H31F7N2O3S/c1-17-11-21(29)3-6-23(17)25-16-36(9-10-41(2,39)40)8-7-24(25)26(38)37(22-4-5-22)15-18-12-19(27(30,31)32)14-20(13-18)28(33,34)35/h3,6,11-14,22,24-25H,4-5,7-10,15-16H2,1-2H3/t24-,25+/m1/s1. The van der Waals surface area contributed by atoms with Crippen LogP contribution in [0, 0.1) is 18.7 Å². The molecule has 0 aromatic heterocycles. The molecule has 1 saturated carbocycles. The van der Waals surface area contributed by atoms with Crippen molar-refractivity contribution < 1.29 is 43.9 Å². The first kappa shape index (κ1) is 31.3. The molecular formula is C28H31F7N2O3S. The van der Waals surface area contributed by atoms with Gasteiger partial charge in [-0.25, -0.2) is 12.8 Å². The fourth-order valence-electron chi connectivity index (χ4n) is 5.48. The van der Waals surface area contributed by atoms with Crippen LogP contribution in [-0.2, 0) is 33.5 Å². The number of amides is 1. The van der Waals surface area contributed by atoms with Crippen molar-refractivity contribution in [2.24, 2.45) is 5.92 Å². The van der Waals surface area contributed by atoms with E-state index in [0.29, 0.717) is 55.6 Å². The zero-order valence-electron chi connectivity index (χ0n) is 22.5. The number of piperidine rings is 1. The topological polar surface area (TPSA) is 57.7 Å². The lowest BCUT2D eigenvalue weighted by atomic mass is 9.78. The van der Waals surface area contributed by atoms with E-state index in [1.807, 2.05) is 4.90 Å². The highest BCUT2D eigenvalue weighted by Gasteiger charge is 2.43. The molecule has 2 fully saturated rings. The molecule has 0 N–H and O–H groups in total. The summed E-state index contributed by atoms with van der Waals surface area (Å²) in [6.07, 6.45) is -7.45. The number of carbonyl (C=O) groups excluding carboxylic acids is 1. The molecule has 226 valence electrons. The Hall–Kier alpha value is -2.67. The minimum Gasteiger partial charge on any atom is -0.335 e. The number of halogens is 7. The van der Waals surface area contributed by atoms with Gasteiger partial charge in [0, 0.05) is 43.8 Å². The molecule has 2 aromatic carbocycles. The lowest BCUT2D eigenvalue weighted by molar-refractivity contribution is -0.143. The second kappa shape index (κ2) is 11.5. The molecule has 1 heterocycles. The number of hydrogen-bond acceptors (Lipinski definition) is 4. The molecule has 4 rings (SSSR count). The number of likely N-dealkylation sites (tertiary alicyclic amines) is 1. The van der Waals surface area contributed by atoms with Crippen molar-refractivity contribution in [2.45, 2.75) is 57.0 Å². The smallest absolute Gasteiger partial charge is 0.335 e. The van der Waals surface area contributed by atoms with Gasteiger partial charge in [-0.15, -0.1) is 0 Å². The lowest BCUT2D eigenvalue weighted by Crippen LogP contribution is -2.48. The molecule has 0 spiro atoms. The molecule has 1 aliphatic heterocycles. The van der Waals surface area contributed by atoms with Gasteiger partial charge in [0.1, 0.15) is 15.7 Å². The Morgan fingerprint density at radius 1 is 0.976 bits per heavy atom. The molecule has 41 heavy (non-hydrogen) atoms. The van der Waals surface area contributed by atoms with Crippen molar-refractivity contribution in [1.82, 2.24) is 9.80 Å². The first-order valence-corrected chi connectivity index (χ1v) is 15.2. The SMILES string of the molecule is Cc1cc(F)ccc1[C@@H]1CN(CCS(C)(=O)=O)CC[C@H]1C(=O)N(Cc1cc(C(F)(F)F)cc(C(F)(F)F)c1)C1CC1. The van der Waals surface area contributed by atoms with E-state index in [1.165, 1.54) is 17.0 Å². The molecule has 2 aromatic rings. The summed E-state index contributed by atoms with van der Waals surface area (Å²) < 4.78 is 118. The summed E-state index contributed by atoms with van der Waals surface area (Å²) in [5.41, 5.74) is -1.88. The Morgan fingerprint density at radius 2 is 1.59 bits per heavy atom. The van der Waals surface area contributed by atoms with E-state index in [0.717, 1.165) is 6.26 Å². The summed E-state index contributed by atoms with van der Waals surface area (Å²) in [7, 11) is -3.26. The van der Waals surface area contributed by atoms with Crippen molar-refractivity contribution in [1.29, 1.82) is 0 Å². The zero-order valence-corrected chi connectivity index (χ0v) is 23.3. The van der Waals surface area contributed by atoms with Crippen molar-refractivity contribution in [3.63, 3.8) is 0 Å². The molecule has 5 nitrogen and oxygen atoms in total. The monoisotopic (exact) mass is 608 g/mol. The van der Waals surface area contributed by atoms with Crippen LogP contribution in [0.15, 0.2) is 36.4 Å². The van der Waals surface area contributed by atoms with Crippen molar-refractivity contribution in [3.8, 4) is 0 Å². The van der Waals surface area contributed by atoms with Gasteiger partial charge in [-0.1, -0.05) is 6.07 Å². The average molecular weight is 609 g/mol. The van der Waals surface area contributed by atoms with Gasteiger partial charge in [-0.3, -0.25) is 4.79 Å². The number of benzene rings is 2. The predicted octanol–water partition coefficient (Wildman–Crippen LogP) is 5.81. The van der Waals surface area contributed by atoms with Crippen molar-refractivity contribution >= 4 is 15.7 Å². The molecule has 1 saturated heterocycles. The Bertz CT molecular complexity index is 1360. The molecule has 2 atom stereocenters. The third kappa shape index (κ3) is 8.00. The van der Waals surface area contributed by atoms with E-state index in [1.54, 1.807) is 13.0 Å². The van der Waals surface area contributed by atoms with Crippen LogP contribution in [0.5, 0.6) is 0 Å². The Labute approximate surface area is 234 Å². The lowest BCUT2D eigenvalue weighted by Gasteiger charge is -2.41. The van der Waals surface area contributed by atoms with E-state index in [4.69, 9.17) is 0 Å². The molecule has 13 heteroatoms. The highest BCUT2D eigenvalue weighted by Crippen LogP contribution is 2.40. The van der Waals surface area contributed by atoms with Crippen LogP contribution >= 0.6 is 0 Å². The third-order valence-corrected chi connectivity index (χ3v) is 8.62. The van der Waals surface area contributed by atoms with Gasteiger partial charge in [-0.2, -0.15) is 26.3 Å². The van der Waals surface area contributed by atoms with Gasteiger partial charge in [-0.05, 0) is 79.8 Å². The van der Waals surface area contributed by atoms with Crippen LogP contribution in [0.1, 0.15) is 53.0 Å². The van der Waals surface area contributed by atoms with E-state index in [-0.39, 0.29) is 30.0 Å². The summed E-state index contributed by atoms with van der Waals surface area (Å²) in [6, 6.07) is 5.20. The summed E-state index contributed by atoms with van der Waals surface area (Å²) >= 11 is 0. The minimum atomic E-state index is -5.01. The van der Waals surface area contributed by atoms with E-state index in [9.17, 15) is 43.9 Å². The molecule has 1 amide bonds. The van der Waals surface area contributed by atoms with Crippen LogP contribution in [0.25, 0.3) is 0 Å². The minimum absolute atomic E-state index is 0.0619. The normalized spacial score (nSPS) is 20.7. The quantitative estimate of drug-likeness (QED) is 0.355. The largest absolute Gasteiger partial charge is 0.416 e. The van der Waals surface area contributed by atoms with Crippen molar-refractivity contribution in [3.05, 3.63) is 70.0 Å². The second-order valence-electron chi connectivity index (χ2n) is 11.0. The number of rotatable bonds is 8. The molecule has 0 unspecified atom stereocenters. The molecule has 0 radical (unpaired) electrons. The van der Waals surface area contributed by atoms with Gasteiger partial charge in [0.05, 0.1) is 16.9 Å². The molecule has 1 aliphatic carbocycles. The number of nitrogens with zero attached hydrogens (tertiary/aromatic N) is 2. The number of hydrogen-bond donors (Lipinski definition) is 0. The second-order valence-corrected chi connectivity index (χ2v) is 13.3. The Kier molecular flexibility index (Phi) is 8.80. The summed E-state index contributed by atoms with van der Waals surface area (Å²) in [4.78, 5) is 17.3. The maximum atomic E-state index is 14.0. The van der Waals surface area contributed by atoms with Gasteiger partial charge in [0.25, 0.3) is 0 Å². The van der Waals surface area contributed by atoms with E-state index < -0.39 is 63.4 Å². The van der Waals surface area contributed by atoms with E-state index in [2.05, 4.69) is 0 Å². The highest BCUT2D eigenvalue weighted by molar-refractivity contribution is 7.90. The predicted molar refractivity (Wildman–Crippen MR) is 138 cm³/mol. The van der Waals surface area contributed by atoms with Crippen LogP contribution in [0.2, 0.25) is 0 Å². The molecule has 2 aliphatic rings. The van der Waals surface area contributed by atoms with E-state index >= 15 is 0 Å². The van der Waals surface area contributed by atoms with Crippen LogP contribution in [-0.4, -0.2) is 61.8 Å². The highest BCUT2D eigenvalue weighted by atomic mass is 32.2. The first-order chi connectivity index (χ1) is 18.9. The van der Waals surface area contributed by atoms with Crippen LogP contribution in [0.3, 0.4) is 0 Å². The van der Waals surface area contributed by atoms with Crippen molar-refractivity contribution in [2.75, 3.05) is 31.6 Å². The maximum Gasteiger partial charge on any atom is 0.416 e. The zero-order chi connectivity index (χ0) is 30.3. The maximum absolute atomic E-state index is 14.0. The number of carbonyl (C=O) groups is 1. The van der Waals surface area contributed by atoms with Gasteiger partial charge in [0.15, 0.2) is 0 Å². The van der Waals surface area contributed by atoms with Gasteiger partial charge < -0.3 is 9.80 Å². The summed E-state index contributed by atoms with van der Waals surface area (Å²) in [5.74, 6) is -2.11. The Morgan fingerprint density at radius 3 is 2.10 bits per heavy atom. The van der Waals surface area contributed by atoms with Gasteiger partial charge >= 0.3 is 12.4 Å². The van der Waals surface area contributed by atoms with Crippen LogP contribution in [0.4, 0.5) is 30.7 Å². The fourth-order valence-corrected chi connectivity index (χ4v) is 6.07. The Balaban J connectivity index is 1.66. The van der Waals surface area contributed by atoms with Gasteiger partial charge in [0.2, 0.25) is 5.91 Å².